The van der Waals surface area contributed by atoms with Gasteiger partial charge in [0.1, 0.15) is 35.9 Å². The Morgan fingerprint density at radius 3 is 2.72 bits per heavy atom. The molecule has 0 aliphatic carbocycles. The van der Waals surface area contributed by atoms with Gasteiger partial charge in [-0.15, -0.1) is 0 Å². The average molecular weight is 466 g/mol. The van der Waals surface area contributed by atoms with E-state index in [1.54, 1.807) is 4.72 Å². The second-order valence-corrected chi connectivity index (χ2v) is 8.16. The van der Waals surface area contributed by atoms with E-state index in [-0.39, 0.29) is 22.5 Å². The number of aromatic hydroxyl groups is 1. The Balaban J connectivity index is 1.44. The standard InChI is InChI=1S/C17H18N6O8S/c18-14-11-15(20-6-19-14)23(7-21-11)17-13(26)12(25)10(31-17)5-30-32(28,29)22-16(27)8-3-1-2-4-9(8)24/h1-4,6-7,10,12-13,17,24-26H,5H2,(H,22,27)(H2,18,19,20)/t10-,12+,13+,17-/m0/s1. The molecular weight excluding hydrogens is 448 g/mol. The maximum Gasteiger partial charge on any atom is 0.362 e. The third-order valence-corrected chi connectivity index (χ3v) is 5.63. The molecular formula is C17H18N6O8S. The van der Waals surface area contributed by atoms with Crippen LogP contribution in [0.4, 0.5) is 5.82 Å². The number of phenols is 1. The van der Waals surface area contributed by atoms with Gasteiger partial charge in [-0.1, -0.05) is 12.1 Å². The van der Waals surface area contributed by atoms with Gasteiger partial charge in [0.05, 0.1) is 18.5 Å². The van der Waals surface area contributed by atoms with Crippen LogP contribution in [0.5, 0.6) is 5.75 Å². The summed E-state index contributed by atoms with van der Waals surface area (Å²) in [6.07, 6.45) is -2.98. The second-order valence-electron chi connectivity index (χ2n) is 6.82. The van der Waals surface area contributed by atoms with E-state index in [4.69, 9.17) is 14.7 Å². The van der Waals surface area contributed by atoms with E-state index >= 15 is 0 Å². The fraction of sp³-hybridized carbons (Fsp3) is 0.294. The number of hydrogen-bond donors (Lipinski definition) is 5. The first kappa shape index (κ1) is 21.8. The number of rotatable bonds is 6. The molecule has 3 heterocycles. The van der Waals surface area contributed by atoms with Crippen LogP contribution in [-0.2, 0) is 19.2 Å². The molecule has 0 bridgehead atoms. The highest BCUT2D eigenvalue weighted by molar-refractivity contribution is 7.85. The van der Waals surface area contributed by atoms with Gasteiger partial charge in [-0.25, -0.2) is 19.7 Å². The van der Waals surface area contributed by atoms with E-state index in [2.05, 4.69) is 15.0 Å². The Kier molecular flexibility index (Phi) is 5.66. The van der Waals surface area contributed by atoms with Gasteiger partial charge in [-0.2, -0.15) is 8.42 Å². The number of amides is 1. The van der Waals surface area contributed by atoms with Crippen LogP contribution in [-0.4, -0.2) is 74.1 Å². The summed E-state index contributed by atoms with van der Waals surface area (Å²) in [5.41, 5.74) is 5.94. The maximum absolute atomic E-state index is 12.1. The number of benzene rings is 1. The average Bonchev–Trinajstić information content (AvgIpc) is 3.29. The Morgan fingerprint density at radius 1 is 1.22 bits per heavy atom. The topological polar surface area (TPSA) is 212 Å². The molecule has 2 aromatic heterocycles. The zero-order valence-corrected chi connectivity index (χ0v) is 17.0. The minimum absolute atomic E-state index is 0.105. The number of para-hydroxylation sites is 1. The number of aliphatic hydroxyl groups is 2. The van der Waals surface area contributed by atoms with Crippen molar-refractivity contribution in [3.63, 3.8) is 0 Å². The van der Waals surface area contributed by atoms with Crippen LogP contribution in [0.25, 0.3) is 11.2 Å². The van der Waals surface area contributed by atoms with E-state index in [9.17, 15) is 28.5 Å². The summed E-state index contributed by atoms with van der Waals surface area (Å²) in [6.45, 7) is -0.720. The highest BCUT2D eigenvalue weighted by Gasteiger charge is 2.45. The first-order valence-electron chi connectivity index (χ1n) is 9.12. The number of aromatic nitrogens is 4. The summed E-state index contributed by atoms with van der Waals surface area (Å²) in [7, 11) is -4.63. The third kappa shape index (κ3) is 4.06. The van der Waals surface area contributed by atoms with Gasteiger partial charge in [-0.05, 0) is 12.1 Å². The lowest BCUT2D eigenvalue weighted by Gasteiger charge is -2.16. The van der Waals surface area contributed by atoms with Crippen molar-refractivity contribution in [2.75, 3.05) is 12.3 Å². The van der Waals surface area contributed by atoms with E-state index in [0.29, 0.717) is 0 Å². The summed E-state index contributed by atoms with van der Waals surface area (Å²) in [5.74, 6) is -1.43. The van der Waals surface area contributed by atoms with E-state index < -0.39 is 53.1 Å². The van der Waals surface area contributed by atoms with Gasteiger partial charge in [0, 0.05) is 0 Å². The molecule has 3 aromatic rings. The number of carbonyl (C=O) groups excluding carboxylic acids is 1. The van der Waals surface area contributed by atoms with Gasteiger partial charge in [0.2, 0.25) is 0 Å². The highest BCUT2D eigenvalue weighted by atomic mass is 32.2. The second kappa shape index (κ2) is 8.29. The molecule has 6 N–H and O–H groups in total. The number of ether oxygens (including phenoxy) is 1. The Hall–Kier alpha value is -3.37. The van der Waals surface area contributed by atoms with Crippen LogP contribution in [0.15, 0.2) is 36.9 Å². The lowest BCUT2D eigenvalue weighted by Crippen LogP contribution is -2.37. The van der Waals surface area contributed by atoms with Gasteiger partial charge in [0.15, 0.2) is 17.7 Å². The number of nitrogen functional groups attached to an aromatic ring is 1. The predicted octanol–water partition coefficient (Wildman–Crippen LogP) is -1.58. The predicted molar refractivity (Wildman–Crippen MR) is 106 cm³/mol. The zero-order chi connectivity index (χ0) is 23.0. The number of anilines is 1. The number of hydrogen-bond acceptors (Lipinski definition) is 12. The van der Waals surface area contributed by atoms with E-state index in [0.717, 1.165) is 0 Å². The summed E-state index contributed by atoms with van der Waals surface area (Å²) in [6, 6.07) is 5.33. The number of phenolic OH excluding ortho intramolecular Hbond substituents is 1. The third-order valence-electron chi connectivity index (χ3n) is 4.75. The molecule has 1 aromatic carbocycles. The van der Waals surface area contributed by atoms with Gasteiger partial charge in [0.25, 0.3) is 5.91 Å². The largest absolute Gasteiger partial charge is 0.507 e. The van der Waals surface area contributed by atoms with Crippen molar-refractivity contribution >= 4 is 33.2 Å². The molecule has 0 saturated carbocycles. The Labute approximate surface area is 180 Å². The van der Waals surface area contributed by atoms with Crippen LogP contribution in [0, 0.1) is 0 Å². The van der Waals surface area contributed by atoms with Crippen molar-refractivity contribution in [1.82, 2.24) is 24.2 Å². The lowest BCUT2D eigenvalue weighted by atomic mass is 10.1. The van der Waals surface area contributed by atoms with Crippen molar-refractivity contribution in [3.8, 4) is 5.75 Å². The minimum Gasteiger partial charge on any atom is -0.507 e. The first-order valence-corrected chi connectivity index (χ1v) is 10.5. The van der Waals surface area contributed by atoms with Crippen LogP contribution < -0.4 is 10.5 Å². The smallest absolute Gasteiger partial charge is 0.362 e. The number of aliphatic hydroxyl groups excluding tert-OH is 2. The first-order chi connectivity index (χ1) is 15.2. The molecule has 14 nitrogen and oxygen atoms in total. The van der Waals surface area contributed by atoms with Crippen LogP contribution in [0.2, 0.25) is 0 Å². The molecule has 4 rings (SSSR count). The van der Waals surface area contributed by atoms with Gasteiger partial charge >= 0.3 is 10.3 Å². The van der Waals surface area contributed by atoms with Crippen LogP contribution in [0.1, 0.15) is 16.6 Å². The molecule has 0 radical (unpaired) electrons. The van der Waals surface area contributed by atoms with Crippen molar-refractivity contribution < 1.29 is 37.5 Å². The highest BCUT2D eigenvalue weighted by Crippen LogP contribution is 2.32. The lowest BCUT2D eigenvalue weighted by molar-refractivity contribution is -0.0468. The number of carbonyl (C=O) groups is 1. The van der Waals surface area contributed by atoms with Crippen molar-refractivity contribution in [3.05, 3.63) is 42.5 Å². The summed E-state index contributed by atoms with van der Waals surface area (Å²) < 4.78 is 37.5. The number of nitrogens with two attached hydrogens (primary N) is 1. The van der Waals surface area contributed by atoms with Crippen LogP contribution >= 0.6 is 0 Å². The molecule has 0 unspecified atom stereocenters. The zero-order valence-electron chi connectivity index (χ0n) is 16.1. The summed E-state index contributed by atoms with van der Waals surface area (Å²) in [5, 5.41) is 30.3. The number of nitrogens with zero attached hydrogens (tertiary/aromatic N) is 4. The Morgan fingerprint density at radius 2 is 1.97 bits per heavy atom. The van der Waals surface area contributed by atoms with Crippen molar-refractivity contribution in [2.45, 2.75) is 24.5 Å². The molecule has 4 atom stereocenters. The molecule has 0 spiro atoms. The van der Waals surface area contributed by atoms with Gasteiger partial charge in [-0.3, -0.25) is 13.5 Å². The molecule has 1 aliphatic heterocycles. The molecule has 170 valence electrons. The molecule has 1 fully saturated rings. The fourth-order valence-electron chi connectivity index (χ4n) is 3.17. The Bertz CT molecular complexity index is 1260. The molecule has 15 heteroatoms. The summed E-state index contributed by atoms with van der Waals surface area (Å²) >= 11 is 0. The van der Waals surface area contributed by atoms with Crippen molar-refractivity contribution in [1.29, 1.82) is 0 Å². The number of fused-ring (bicyclic) bond motifs is 1. The summed E-state index contributed by atoms with van der Waals surface area (Å²) in [4.78, 5) is 23.9. The van der Waals surface area contributed by atoms with E-state index in [1.165, 1.54) is 41.5 Å². The molecule has 32 heavy (non-hydrogen) atoms. The quantitative estimate of drug-likeness (QED) is 0.279. The SMILES string of the molecule is Nc1ncnc2c1ncn2[C@H]1O[C@@H](COS(=O)(=O)NC(=O)c2ccccc2O)[C@@H](O)[C@H]1O. The van der Waals surface area contributed by atoms with E-state index in [1.807, 2.05) is 0 Å². The van der Waals surface area contributed by atoms with Crippen molar-refractivity contribution in [2.24, 2.45) is 0 Å². The molecule has 1 saturated heterocycles. The van der Waals surface area contributed by atoms with Gasteiger partial charge < -0.3 is 25.8 Å². The monoisotopic (exact) mass is 466 g/mol. The molecule has 1 aliphatic rings. The van der Waals surface area contributed by atoms with Crippen LogP contribution in [0.3, 0.4) is 0 Å². The normalized spacial score (nSPS) is 23.4. The number of imidazole rings is 1. The fourth-order valence-corrected chi connectivity index (χ4v) is 3.88. The number of nitrogens with one attached hydrogen (secondary N) is 1. The minimum atomic E-state index is -4.63. The maximum atomic E-state index is 12.1. The molecule has 1 amide bonds.